The SMILES string of the molecule is CNC(=O)C[C@H](NC(=O)c1cncc2c1cnn2-c1ccc(F)cc1)c1ccnc(S(C)(=O)=O)c1. The van der Waals surface area contributed by atoms with E-state index in [1.54, 1.807) is 12.1 Å². The average molecular weight is 497 g/mol. The summed E-state index contributed by atoms with van der Waals surface area (Å²) in [5.41, 5.74) is 1.72. The zero-order valence-electron chi connectivity index (χ0n) is 18.8. The molecule has 0 aliphatic rings. The van der Waals surface area contributed by atoms with Crippen molar-refractivity contribution in [3.8, 4) is 5.69 Å². The molecular formula is C23H21FN6O4S. The van der Waals surface area contributed by atoms with E-state index >= 15 is 0 Å². The zero-order chi connectivity index (χ0) is 25.2. The molecule has 0 bridgehead atoms. The molecule has 10 nitrogen and oxygen atoms in total. The van der Waals surface area contributed by atoms with Crippen LogP contribution in [0.15, 0.2) is 66.2 Å². The van der Waals surface area contributed by atoms with Gasteiger partial charge in [0.05, 0.1) is 41.6 Å². The third-order valence-corrected chi connectivity index (χ3v) is 6.31. The van der Waals surface area contributed by atoms with Gasteiger partial charge in [-0.2, -0.15) is 5.10 Å². The van der Waals surface area contributed by atoms with Gasteiger partial charge < -0.3 is 10.6 Å². The van der Waals surface area contributed by atoms with E-state index < -0.39 is 21.8 Å². The molecule has 4 aromatic rings. The molecule has 4 rings (SSSR count). The molecule has 2 amide bonds. The van der Waals surface area contributed by atoms with E-state index in [0.717, 1.165) is 6.26 Å². The molecular weight excluding hydrogens is 475 g/mol. The fourth-order valence-electron chi connectivity index (χ4n) is 3.53. The van der Waals surface area contributed by atoms with Crippen LogP contribution >= 0.6 is 0 Å². The molecule has 180 valence electrons. The fraction of sp³-hybridized carbons (Fsp3) is 0.174. The van der Waals surface area contributed by atoms with E-state index in [4.69, 9.17) is 0 Å². The van der Waals surface area contributed by atoms with Gasteiger partial charge in [0.25, 0.3) is 5.91 Å². The summed E-state index contributed by atoms with van der Waals surface area (Å²) in [4.78, 5) is 33.4. The molecule has 0 fully saturated rings. The van der Waals surface area contributed by atoms with Gasteiger partial charge in [-0.25, -0.2) is 22.5 Å². The lowest BCUT2D eigenvalue weighted by atomic mass is 10.0. The van der Waals surface area contributed by atoms with Crippen molar-refractivity contribution in [2.45, 2.75) is 17.5 Å². The number of rotatable bonds is 7. The van der Waals surface area contributed by atoms with Crippen LogP contribution in [0.3, 0.4) is 0 Å². The molecule has 0 aliphatic carbocycles. The van der Waals surface area contributed by atoms with E-state index in [2.05, 4.69) is 25.7 Å². The van der Waals surface area contributed by atoms with Crippen molar-refractivity contribution < 1.29 is 22.4 Å². The normalized spacial score (nSPS) is 12.3. The fourth-order valence-corrected chi connectivity index (χ4v) is 4.13. The molecule has 3 aromatic heterocycles. The number of hydrogen-bond donors (Lipinski definition) is 2. The predicted octanol–water partition coefficient (Wildman–Crippen LogP) is 1.97. The Labute approximate surface area is 200 Å². The van der Waals surface area contributed by atoms with Crippen molar-refractivity contribution in [3.05, 3.63) is 78.1 Å². The first-order valence-corrected chi connectivity index (χ1v) is 12.3. The highest BCUT2D eigenvalue weighted by atomic mass is 32.2. The number of carbonyl (C=O) groups excluding carboxylic acids is 2. The maximum atomic E-state index is 13.3. The van der Waals surface area contributed by atoms with Gasteiger partial charge in [-0.15, -0.1) is 0 Å². The standard InChI is InChI=1S/C23H21FN6O4S/c1-25-21(31)10-19(14-7-8-27-22(9-14)35(2,33)34)29-23(32)18-11-26-13-20-17(18)12-28-30(20)16-5-3-15(24)4-6-16/h3-9,11-13,19H,10H2,1-2H3,(H,25,31)(H,29,32)/t19-/m0/s1. The molecule has 12 heteroatoms. The van der Waals surface area contributed by atoms with Crippen molar-refractivity contribution in [2.24, 2.45) is 0 Å². The number of sulfone groups is 1. The van der Waals surface area contributed by atoms with E-state index in [9.17, 15) is 22.4 Å². The van der Waals surface area contributed by atoms with Gasteiger partial charge in [-0.1, -0.05) is 0 Å². The zero-order valence-corrected chi connectivity index (χ0v) is 19.6. The molecule has 3 heterocycles. The van der Waals surface area contributed by atoms with Gasteiger partial charge in [0.1, 0.15) is 5.82 Å². The van der Waals surface area contributed by atoms with Gasteiger partial charge in [0.2, 0.25) is 5.91 Å². The monoisotopic (exact) mass is 496 g/mol. The van der Waals surface area contributed by atoms with Crippen LogP contribution in [-0.4, -0.2) is 53.3 Å². The second-order valence-electron chi connectivity index (χ2n) is 7.76. The molecule has 1 atom stereocenters. The average Bonchev–Trinajstić information content (AvgIpc) is 3.27. The van der Waals surface area contributed by atoms with E-state index in [1.807, 2.05) is 0 Å². The Morgan fingerprint density at radius 2 is 1.86 bits per heavy atom. The van der Waals surface area contributed by atoms with Crippen molar-refractivity contribution in [3.63, 3.8) is 0 Å². The van der Waals surface area contributed by atoms with Gasteiger partial charge in [-0.05, 0) is 42.0 Å². The first kappa shape index (κ1) is 24.0. The van der Waals surface area contributed by atoms with Crippen LogP contribution in [0.1, 0.15) is 28.4 Å². The Bertz CT molecular complexity index is 1520. The number of nitrogens with zero attached hydrogens (tertiary/aromatic N) is 4. The summed E-state index contributed by atoms with van der Waals surface area (Å²) >= 11 is 0. The number of benzene rings is 1. The number of halogens is 1. The number of nitrogens with one attached hydrogen (secondary N) is 2. The van der Waals surface area contributed by atoms with Crippen molar-refractivity contribution in [1.29, 1.82) is 0 Å². The number of hydrogen-bond acceptors (Lipinski definition) is 7. The Kier molecular flexibility index (Phi) is 6.56. The lowest BCUT2D eigenvalue weighted by Crippen LogP contribution is -2.33. The summed E-state index contributed by atoms with van der Waals surface area (Å²) in [6.45, 7) is 0. The van der Waals surface area contributed by atoms with Gasteiger partial charge in [-0.3, -0.25) is 14.6 Å². The van der Waals surface area contributed by atoms with E-state index in [-0.39, 0.29) is 28.7 Å². The molecule has 0 aliphatic heterocycles. The highest BCUT2D eigenvalue weighted by molar-refractivity contribution is 7.90. The Balaban J connectivity index is 1.70. The molecule has 0 radical (unpaired) electrons. The third kappa shape index (κ3) is 5.17. The number of carbonyl (C=O) groups is 2. The molecule has 1 aromatic carbocycles. The van der Waals surface area contributed by atoms with Gasteiger partial charge in [0, 0.05) is 31.1 Å². The summed E-state index contributed by atoms with van der Waals surface area (Å²) in [6.07, 6.45) is 6.61. The molecule has 35 heavy (non-hydrogen) atoms. The summed E-state index contributed by atoms with van der Waals surface area (Å²) < 4.78 is 38.7. The third-order valence-electron chi connectivity index (χ3n) is 5.33. The molecule has 0 spiro atoms. The largest absolute Gasteiger partial charge is 0.359 e. The smallest absolute Gasteiger partial charge is 0.254 e. The maximum Gasteiger partial charge on any atom is 0.254 e. The van der Waals surface area contributed by atoms with Crippen LogP contribution in [0.5, 0.6) is 0 Å². The lowest BCUT2D eigenvalue weighted by molar-refractivity contribution is -0.121. The minimum atomic E-state index is -3.60. The van der Waals surface area contributed by atoms with Crippen LogP contribution in [0, 0.1) is 5.82 Å². The first-order valence-electron chi connectivity index (χ1n) is 10.4. The molecule has 0 saturated heterocycles. The van der Waals surface area contributed by atoms with Crippen molar-refractivity contribution in [1.82, 2.24) is 30.4 Å². The number of fused-ring (bicyclic) bond motifs is 1. The number of amides is 2. The van der Waals surface area contributed by atoms with Crippen molar-refractivity contribution in [2.75, 3.05) is 13.3 Å². The minimum absolute atomic E-state index is 0.131. The summed E-state index contributed by atoms with van der Waals surface area (Å²) in [7, 11) is -2.14. The summed E-state index contributed by atoms with van der Waals surface area (Å²) in [5, 5.41) is 9.93. The quantitative estimate of drug-likeness (QED) is 0.399. The van der Waals surface area contributed by atoms with Crippen LogP contribution < -0.4 is 10.6 Å². The number of pyridine rings is 2. The lowest BCUT2D eigenvalue weighted by Gasteiger charge is -2.19. The second-order valence-corrected chi connectivity index (χ2v) is 9.72. The molecule has 0 unspecified atom stereocenters. The summed E-state index contributed by atoms with van der Waals surface area (Å²) in [5.74, 6) is -1.28. The number of aromatic nitrogens is 4. The maximum absolute atomic E-state index is 13.3. The topological polar surface area (TPSA) is 136 Å². The van der Waals surface area contributed by atoms with Crippen LogP contribution in [0.2, 0.25) is 0 Å². The summed E-state index contributed by atoms with van der Waals surface area (Å²) in [6, 6.07) is 7.73. The van der Waals surface area contributed by atoms with E-state index in [0.29, 0.717) is 22.2 Å². The Morgan fingerprint density at radius 3 is 2.54 bits per heavy atom. The van der Waals surface area contributed by atoms with Gasteiger partial charge in [0.15, 0.2) is 14.9 Å². The molecule has 2 N–H and O–H groups in total. The van der Waals surface area contributed by atoms with Crippen molar-refractivity contribution >= 4 is 32.6 Å². The highest BCUT2D eigenvalue weighted by Gasteiger charge is 2.23. The van der Waals surface area contributed by atoms with Crippen LogP contribution in [0.25, 0.3) is 16.6 Å². The Hall–Kier alpha value is -4.19. The Morgan fingerprint density at radius 1 is 1.11 bits per heavy atom. The molecule has 0 saturated carbocycles. The first-order chi connectivity index (χ1) is 16.7. The predicted molar refractivity (Wildman–Crippen MR) is 125 cm³/mol. The van der Waals surface area contributed by atoms with E-state index in [1.165, 1.54) is 60.8 Å². The van der Waals surface area contributed by atoms with Crippen LogP contribution in [0.4, 0.5) is 4.39 Å². The van der Waals surface area contributed by atoms with Crippen LogP contribution in [-0.2, 0) is 14.6 Å². The second kappa shape index (κ2) is 9.58. The minimum Gasteiger partial charge on any atom is -0.359 e. The highest BCUT2D eigenvalue weighted by Crippen LogP contribution is 2.24. The van der Waals surface area contributed by atoms with Gasteiger partial charge >= 0.3 is 0 Å².